The number of nitrogens with two attached hydrogens (primary N) is 1. The third-order valence-corrected chi connectivity index (χ3v) is 5.69. The highest BCUT2D eigenvalue weighted by Crippen LogP contribution is 2.39. The van der Waals surface area contributed by atoms with Gasteiger partial charge in [0.15, 0.2) is 0 Å². The van der Waals surface area contributed by atoms with Crippen LogP contribution in [0.5, 0.6) is 0 Å². The minimum atomic E-state index is -4.80. The van der Waals surface area contributed by atoms with Gasteiger partial charge in [-0.2, -0.15) is 17.5 Å². The van der Waals surface area contributed by atoms with Crippen molar-refractivity contribution in [2.45, 2.75) is 30.0 Å². The van der Waals surface area contributed by atoms with Crippen molar-refractivity contribution in [1.29, 1.82) is 0 Å². The molecule has 0 spiro atoms. The second-order valence-electron chi connectivity index (χ2n) is 4.88. The molecule has 0 amide bonds. The van der Waals surface area contributed by atoms with Gasteiger partial charge in [0.2, 0.25) is 10.0 Å². The van der Waals surface area contributed by atoms with Crippen LogP contribution in [0.2, 0.25) is 5.02 Å². The molecular weight excluding hydrogens is 364 g/mol. The highest BCUT2D eigenvalue weighted by Gasteiger charge is 2.41. The smallest absolute Gasteiger partial charge is 0.327 e. The number of nitrogens with zero attached hydrogens (tertiary/aromatic N) is 1. The Bertz CT molecular complexity index is 638. The first kappa shape index (κ1) is 19.5. The van der Waals surface area contributed by atoms with E-state index in [4.69, 9.17) is 17.3 Å². The molecule has 1 atom stereocenters. The Kier molecular flexibility index (Phi) is 6.14. The number of sulfonamides is 1. The average molecular weight is 379 g/mol. The first-order chi connectivity index (χ1) is 9.64. The maximum Gasteiger partial charge on any atom is 0.417 e. The van der Waals surface area contributed by atoms with Crippen LogP contribution >= 0.6 is 24.0 Å². The van der Waals surface area contributed by atoms with Gasteiger partial charge in [0, 0.05) is 19.1 Å². The topological polar surface area (TPSA) is 63.4 Å². The van der Waals surface area contributed by atoms with E-state index in [9.17, 15) is 21.6 Å². The van der Waals surface area contributed by atoms with Crippen LogP contribution in [0.25, 0.3) is 0 Å². The fourth-order valence-electron chi connectivity index (χ4n) is 2.32. The summed E-state index contributed by atoms with van der Waals surface area (Å²) in [6.45, 7) is 0.128. The van der Waals surface area contributed by atoms with Gasteiger partial charge in [-0.25, -0.2) is 8.42 Å². The first-order valence-corrected chi connectivity index (χ1v) is 8.07. The summed E-state index contributed by atoms with van der Waals surface area (Å²) in [5, 5.41) is -0.441. The normalized spacial score (nSPS) is 20.5. The lowest BCUT2D eigenvalue weighted by molar-refractivity contribution is -0.139. The van der Waals surface area contributed by atoms with Crippen LogP contribution in [0.1, 0.15) is 18.4 Å². The second kappa shape index (κ2) is 6.92. The van der Waals surface area contributed by atoms with Gasteiger partial charge >= 0.3 is 6.18 Å². The van der Waals surface area contributed by atoms with E-state index in [0.29, 0.717) is 18.9 Å². The Morgan fingerprint density at radius 1 is 1.32 bits per heavy atom. The Labute approximate surface area is 137 Å². The zero-order valence-corrected chi connectivity index (χ0v) is 13.7. The summed E-state index contributed by atoms with van der Waals surface area (Å²) < 4.78 is 65.1. The van der Waals surface area contributed by atoms with Crippen LogP contribution in [-0.2, 0) is 16.2 Å². The summed E-state index contributed by atoms with van der Waals surface area (Å²) in [6, 6.07) is 2.54. The number of hydrogen-bond donors (Lipinski definition) is 1. The Balaban J connectivity index is 0.00000242. The molecule has 1 aromatic rings. The molecule has 2 rings (SSSR count). The predicted octanol–water partition coefficient (Wildman–Crippen LogP) is 2.89. The van der Waals surface area contributed by atoms with Crippen molar-refractivity contribution in [3.8, 4) is 0 Å². The van der Waals surface area contributed by atoms with Crippen molar-refractivity contribution in [1.82, 2.24) is 4.31 Å². The highest BCUT2D eigenvalue weighted by molar-refractivity contribution is 7.89. The molecule has 1 aliphatic rings. The fourth-order valence-corrected chi connectivity index (χ4v) is 4.57. The first-order valence-electron chi connectivity index (χ1n) is 6.25. The molecule has 126 valence electrons. The van der Waals surface area contributed by atoms with Crippen LogP contribution in [0.3, 0.4) is 0 Å². The van der Waals surface area contributed by atoms with E-state index in [1.165, 1.54) is 0 Å². The SMILES string of the molecule is Cl.NC1CCCN(S(=O)(=O)c2c(Cl)cccc2C(F)(F)F)C1. The molecular formula is C12H15Cl2F3N2O2S. The minimum absolute atomic E-state index is 0. The van der Waals surface area contributed by atoms with Crippen molar-refractivity contribution < 1.29 is 21.6 Å². The van der Waals surface area contributed by atoms with E-state index in [0.717, 1.165) is 16.4 Å². The number of rotatable bonds is 2. The van der Waals surface area contributed by atoms with E-state index in [2.05, 4.69) is 0 Å². The standard InChI is InChI=1S/C12H14ClF3N2O2S.ClH/c13-10-5-1-4-9(12(14,15)16)11(10)21(19,20)18-6-2-3-8(17)7-18;/h1,4-5,8H,2-3,6-7,17H2;1H. The Hall–Kier alpha value is -0.540. The molecule has 10 heteroatoms. The number of piperidine rings is 1. The molecule has 1 heterocycles. The van der Waals surface area contributed by atoms with Crippen LogP contribution in [-0.4, -0.2) is 31.9 Å². The molecule has 0 aromatic heterocycles. The monoisotopic (exact) mass is 378 g/mol. The summed E-state index contributed by atoms with van der Waals surface area (Å²) in [5.74, 6) is 0. The minimum Gasteiger partial charge on any atom is -0.327 e. The van der Waals surface area contributed by atoms with Gasteiger partial charge in [-0.1, -0.05) is 17.7 Å². The Morgan fingerprint density at radius 3 is 2.50 bits per heavy atom. The van der Waals surface area contributed by atoms with Crippen LogP contribution in [0, 0.1) is 0 Å². The third kappa shape index (κ3) is 3.86. The van der Waals surface area contributed by atoms with Crippen molar-refractivity contribution >= 4 is 34.0 Å². The van der Waals surface area contributed by atoms with Crippen LogP contribution in [0.15, 0.2) is 23.1 Å². The van der Waals surface area contributed by atoms with Gasteiger partial charge in [0.05, 0.1) is 10.6 Å². The van der Waals surface area contributed by atoms with Crippen LogP contribution in [0.4, 0.5) is 13.2 Å². The summed E-state index contributed by atoms with van der Waals surface area (Å²) in [6.07, 6.45) is -3.65. The molecule has 0 aliphatic carbocycles. The summed E-state index contributed by atoms with van der Waals surface area (Å²) in [4.78, 5) is -0.895. The highest BCUT2D eigenvalue weighted by atomic mass is 35.5. The predicted molar refractivity (Wildman–Crippen MR) is 79.7 cm³/mol. The summed E-state index contributed by atoms with van der Waals surface area (Å²) in [5.41, 5.74) is 4.45. The second-order valence-corrected chi connectivity index (χ2v) is 7.16. The lowest BCUT2D eigenvalue weighted by atomic mass is 10.1. The molecule has 0 bridgehead atoms. The quantitative estimate of drug-likeness (QED) is 0.860. The molecule has 22 heavy (non-hydrogen) atoms. The van der Waals surface area contributed by atoms with Gasteiger partial charge in [-0.15, -0.1) is 12.4 Å². The number of hydrogen-bond acceptors (Lipinski definition) is 3. The number of alkyl halides is 3. The Morgan fingerprint density at radius 2 is 1.95 bits per heavy atom. The van der Waals surface area contributed by atoms with E-state index >= 15 is 0 Å². The van der Waals surface area contributed by atoms with E-state index in [1.54, 1.807) is 0 Å². The molecule has 1 saturated heterocycles. The number of halogens is 5. The molecule has 2 N–H and O–H groups in total. The molecule has 1 aliphatic heterocycles. The lowest BCUT2D eigenvalue weighted by Crippen LogP contribution is -2.46. The van der Waals surface area contributed by atoms with Gasteiger partial charge < -0.3 is 5.73 Å². The van der Waals surface area contributed by atoms with Gasteiger partial charge in [0.1, 0.15) is 4.90 Å². The fraction of sp³-hybridized carbons (Fsp3) is 0.500. The summed E-state index contributed by atoms with van der Waals surface area (Å²) in [7, 11) is -4.34. The number of benzene rings is 1. The zero-order valence-electron chi connectivity index (χ0n) is 11.3. The zero-order chi connectivity index (χ0) is 15.8. The largest absolute Gasteiger partial charge is 0.417 e. The lowest BCUT2D eigenvalue weighted by Gasteiger charge is -2.30. The van der Waals surface area contributed by atoms with E-state index in [-0.39, 0.29) is 31.5 Å². The van der Waals surface area contributed by atoms with Crippen molar-refractivity contribution in [2.75, 3.05) is 13.1 Å². The molecule has 1 fully saturated rings. The molecule has 4 nitrogen and oxygen atoms in total. The van der Waals surface area contributed by atoms with Crippen LogP contribution < -0.4 is 5.73 Å². The maximum atomic E-state index is 13.0. The van der Waals surface area contributed by atoms with Crippen molar-refractivity contribution in [2.24, 2.45) is 5.73 Å². The van der Waals surface area contributed by atoms with Crippen molar-refractivity contribution in [3.63, 3.8) is 0 Å². The maximum absolute atomic E-state index is 13.0. The van der Waals surface area contributed by atoms with Gasteiger partial charge in [0.25, 0.3) is 0 Å². The molecule has 0 saturated carbocycles. The van der Waals surface area contributed by atoms with E-state index in [1.807, 2.05) is 0 Å². The van der Waals surface area contributed by atoms with Gasteiger partial charge in [-0.05, 0) is 25.0 Å². The third-order valence-electron chi connectivity index (χ3n) is 3.29. The average Bonchev–Trinajstić information content (AvgIpc) is 2.37. The molecule has 0 radical (unpaired) electrons. The molecule has 1 unspecified atom stereocenters. The molecule has 1 aromatic carbocycles. The summed E-state index contributed by atoms with van der Waals surface area (Å²) >= 11 is 5.74. The van der Waals surface area contributed by atoms with E-state index < -0.39 is 31.7 Å². The van der Waals surface area contributed by atoms with Gasteiger partial charge in [-0.3, -0.25) is 0 Å². The van der Waals surface area contributed by atoms with Crippen molar-refractivity contribution in [3.05, 3.63) is 28.8 Å².